The van der Waals surface area contributed by atoms with Crippen molar-refractivity contribution < 1.29 is 13.6 Å². The number of aromatic nitrogens is 3. The molecule has 0 atom stereocenters. The number of amides is 1. The molecule has 0 N–H and O–H groups in total. The predicted molar refractivity (Wildman–Crippen MR) is 102 cm³/mol. The number of benzene rings is 2. The van der Waals surface area contributed by atoms with E-state index in [9.17, 15) is 13.6 Å². The molecular weight excluding hydrogens is 364 g/mol. The summed E-state index contributed by atoms with van der Waals surface area (Å²) in [4.78, 5) is 16.7. The molecule has 1 aromatic heterocycles. The Labute approximate surface area is 161 Å². The van der Waals surface area contributed by atoms with E-state index < -0.39 is 5.82 Å². The lowest BCUT2D eigenvalue weighted by Crippen LogP contribution is -2.32. The van der Waals surface area contributed by atoms with Crippen molar-refractivity contribution in [1.29, 1.82) is 0 Å². The van der Waals surface area contributed by atoms with Gasteiger partial charge in [-0.05, 0) is 55.3 Å². The molecule has 8 heteroatoms. The zero-order valence-corrected chi connectivity index (χ0v) is 15.6. The summed E-state index contributed by atoms with van der Waals surface area (Å²) in [5, 5.41) is 8.01. The van der Waals surface area contributed by atoms with E-state index >= 15 is 0 Å². The zero-order valence-electron chi connectivity index (χ0n) is 15.6. The van der Waals surface area contributed by atoms with Crippen LogP contribution in [0, 0.1) is 18.6 Å². The standard InChI is InChI=1S/C20H19F2N5O/c1-13-10-14(21)4-6-17(13)27-12-16(23-24-27)20(28)26-9-3-8-25(2)18-7-5-15(22)11-19(18)26/h4-7,10-12H,3,8-9H2,1-2H3. The highest BCUT2D eigenvalue weighted by atomic mass is 19.1. The van der Waals surface area contributed by atoms with E-state index in [4.69, 9.17) is 0 Å². The molecule has 1 aliphatic rings. The molecule has 0 radical (unpaired) electrons. The van der Waals surface area contributed by atoms with Gasteiger partial charge in [0.1, 0.15) is 11.6 Å². The summed E-state index contributed by atoms with van der Waals surface area (Å²) < 4.78 is 28.7. The van der Waals surface area contributed by atoms with E-state index in [0.29, 0.717) is 23.5 Å². The van der Waals surface area contributed by atoms with Gasteiger partial charge in [0, 0.05) is 20.1 Å². The lowest BCUT2D eigenvalue weighted by atomic mass is 10.2. The normalized spacial score (nSPS) is 14.0. The highest BCUT2D eigenvalue weighted by Crippen LogP contribution is 2.33. The molecule has 4 rings (SSSR count). The van der Waals surface area contributed by atoms with Crippen molar-refractivity contribution in [2.75, 3.05) is 29.9 Å². The van der Waals surface area contributed by atoms with E-state index in [1.54, 1.807) is 19.1 Å². The Morgan fingerprint density at radius 3 is 2.46 bits per heavy atom. The van der Waals surface area contributed by atoms with Crippen molar-refractivity contribution >= 4 is 17.3 Å². The largest absolute Gasteiger partial charge is 0.373 e. The fraction of sp³-hybridized carbons (Fsp3) is 0.250. The third kappa shape index (κ3) is 3.21. The third-order valence-electron chi connectivity index (χ3n) is 4.88. The van der Waals surface area contributed by atoms with Crippen molar-refractivity contribution in [3.8, 4) is 5.69 Å². The van der Waals surface area contributed by atoms with E-state index in [1.165, 1.54) is 40.0 Å². The lowest BCUT2D eigenvalue weighted by molar-refractivity contribution is 0.0982. The maximum Gasteiger partial charge on any atom is 0.280 e. The minimum absolute atomic E-state index is 0.142. The first kappa shape index (κ1) is 18.1. The van der Waals surface area contributed by atoms with Gasteiger partial charge in [-0.2, -0.15) is 0 Å². The Balaban J connectivity index is 1.70. The first-order chi connectivity index (χ1) is 13.4. The molecule has 0 spiro atoms. The van der Waals surface area contributed by atoms with Gasteiger partial charge < -0.3 is 9.80 Å². The molecule has 28 heavy (non-hydrogen) atoms. The second-order valence-electron chi connectivity index (χ2n) is 6.84. The van der Waals surface area contributed by atoms with Crippen LogP contribution in [0.3, 0.4) is 0 Å². The number of halogens is 2. The highest BCUT2D eigenvalue weighted by molar-refractivity contribution is 6.06. The Kier molecular flexibility index (Phi) is 4.54. The van der Waals surface area contributed by atoms with Crippen LogP contribution in [-0.4, -0.2) is 41.0 Å². The Morgan fingerprint density at radius 1 is 1.00 bits per heavy atom. The molecule has 2 aromatic carbocycles. The van der Waals surface area contributed by atoms with Gasteiger partial charge in [0.05, 0.1) is 23.3 Å². The topological polar surface area (TPSA) is 54.3 Å². The molecule has 0 saturated carbocycles. The third-order valence-corrected chi connectivity index (χ3v) is 4.88. The van der Waals surface area contributed by atoms with E-state index in [0.717, 1.165) is 18.7 Å². The number of fused-ring (bicyclic) bond motifs is 1. The van der Waals surface area contributed by atoms with Crippen LogP contribution in [-0.2, 0) is 0 Å². The van der Waals surface area contributed by atoms with Crippen molar-refractivity contribution in [3.05, 3.63) is 65.5 Å². The smallest absolute Gasteiger partial charge is 0.280 e. The average Bonchev–Trinajstić information content (AvgIpc) is 3.08. The Hall–Kier alpha value is -3.29. The first-order valence-corrected chi connectivity index (χ1v) is 8.95. The SMILES string of the molecule is Cc1cc(F)ccc1-n1cc(C(=O)N2CCCN(C)c3ccc(F)cc32)nn1. The van der Waals surface area contributed by atoms with Crippen LogP contribution < -0.4 is 9.80 Å². The Bertz CT molecular complexity index is 1050. The summed E-state index contributed by atoms with van der Waals surface area (Å²) in [6.07, 6.45) is 2.25. The predicted octanol–water partition coefficient (Wildman–Crippen LogP) is 3.34. The van der Waals surface area contributed by atoms with E-state index in [-0.39, 0.29) is 17.4 Å². The number of carbonyl (C=O) groups is 1. The number of rotatable bonds is 2. The van der Waals surface area contributed by atoms with Gasteiger partial charge in [0.2, 0.25) is 0 Å². The van der Waals surface area contributed by atoms with Gasteiger partial charge in [-0.1, -0.05) is 5.21 Å². The van der Waals surface area contributed by atoms with Crippen LogP contribution in [0.5, 0.6) is 0 Å². The minimum atomic E-state index is -0.405. The van der Waals surface area contributed by atoms with Crippen molar-refractivity contribution in [2.45, 2.75) is 13.3 Å². The number of hydrogen-bond donors (Lipinski definition) is 0. The van der Waals surface area contributed by atoms with Crippen LogP contribution in [0.25, 0.3) is 5.69 Å². The van der Waals surface area contributed by atoms with Crippen molar-refractivity contribution in [3.63, 3.8) is 0 Å². The molecule has 2 heterocycles. The van der Waals surface area contributed by atoms with E-state index in [1.807, 2.05) is 11.9 Å². The molecule has 0 unspecified atom stereocenters. The second-order valence-corrected chi connectivity index (χ2v) is 6.84. The molecule has 0 saturated heterocycles. The number of hydrogen-bond acceptors (Lipinski definition) is 4. The fourth-order valence-electron chi connectivity index (χ4n) is 3.45. The van der Waals surface area contributed by atoms with Crippen LogP contribution >= 0.6 is 0 Å². The monoisotopic (exact) mass is 383 g/mol. The minimum Gasteiger partial charge on any atom is -0.373 e. The van der Waals surface area contributed by atoms with Crippen LogP contribution in [0.15, 0.2) is 42.6 Å². The first-order valence-electron chi connectivity index (χ1n) is 8.95. The average molecular weight is 383 g/mol. The van der Waals surface area contributed by atoms with Gasteiger partial charge in [-0.25, -0.2) is 13.5 Å². The van der Waals surface area contributed by atoms with Crippen molar-refractivity contribution in [1.82, 2.24) is 15.0 Å². The molecule has 144 valence electrons. The summed E-state index contributed by atoms with van der Waals surface area (Å²) in [5.74, 6) is -1.10. The number of nitrogens with zero attached hydrogens (tertiary/aromatic N) is 5. The number of aryl methyl sites for hydroxylation is 1. The maximum absolute atomic E-state index is 13.9. The molecule has 6 nitrogen and oxygen atoms in total. The van der Waals surface area contributed by atoms with Crippen LogP contribution in [0.4, 0.5) is 20.2 Å². The number of carbonyl (C=O) groups excluding carboxylic acids is 1. The molecule has 1 aliphatic heterocycles. The zero-order chi connectivity index (χ0) is 19.8. The van der Waals surface area contributed by atoms with Gasteiger partial charge in [0.15, 0.2) is 5.69 Å². The molecule has 1 amide bonds. The molecule has 3 aromatic rings. The van der Waals surface area contributed by atoms with Gasteiger partial charge in [-0.15, -0.1) is 5.10 Å². The van der Waals surface area contributed by atoms with Crippen LogP contribution in [0.2, 0.25) is 0 Å². The molecule has 0 bridgehead atoms. The number of anilines is 2. The summed E-state index contributed by atoms with van der Waals surface area (Å²) in [7, 11) is 1.91. The van der Waals surface area contributed by atoms with Gasteiger partial charge in [0.25, 0.3) is 5.91 Å². The fourth-order valence-corrected chi connectivity index (χ4v) is 3.45. The van der Waals surface area contributed by atoms with Gasteiger partial charge in [-0.3, -0.25) is 4.79 Å². The lowest BCUT2D eigenvalue weighted by Gasteiger charge is -2.23. The molecule has 0 fully saturated rings. The maximum atomic E-state index is 13.9. The summed E-state index contributed by atoms with van der Waals surface area (Å²) in [6.45, 7) is 2.96. The molecular formula is C20H19F2N5O. The second kappa shape index (κ2) is 7.03. The Morgan fingerprint density at radius 2 is 1.71 bits per heavy atom. The summed E-state index contributed by atoms with van der Waals surface area (Å²) in [6, 6.07) is 8.73. The quantitative estimate of drug-likeness (QED) is 0.681. The van der Waals surface area contributed by atoms with Gasteiger partial charge >= 0.3 is 0 Å². The van der Waals surface area contributed by atoms with Crippen LogP contribution in [0.1, 0.15) is 22.5 Å². The van der Waals surface area contributed by atoms with E-state index in [2.05, 4.69) is 10.3 Å². The van der Waals surface area contributed by atoms with Crippen molar-refractivity contribution in [2.24, 2.45) is 0 Å². The highest BCUT2D eigenvalue weighted by Gasteiger charge is 2.27. The summed E-state index contributed by atoms with van der Waals surface area (Å²) >= 11 is 0. The summed E-state index contributed by atoms with van der Waals surface area (Å²) in [5.41, 5.74) is 2.75. The molecule has 0 aliphatic carbocycles.